The molecule has 2 aromatic heterocycles. The van der Waals surface area contributed by atoms with Crippen molar-refractivity contribution in [3.8, 4) is 17.0 Å². The molecule has 0 aliphatic rings. The Labute approximate surface area is 196 Å². The van der Waals surface area contributed by atoms with Gasteiger partial charge in [-0.25, -0.2) is 4.68 Å². The maximum Gasteiger partial charge on any atom is 0.206 e. The van der Waals surface area contributed by atoms with Gasteiger partial charge in [0, 0.05) is 23.7 Å². The molecule has 0 bridgehead atoms. The monoisotopic (exact) mass is 452 g/mol. The Morgan fingerprint density at radius 2 is 1.82 bits per heavy atom. The third-order valence-electron chi connectivity index (χ3n) is 5.45. The first-order valence-corrected chi connectivity index (χ1v) is 11.7. The number of rotatable bonds is 7. The van der Waals surface area contributed by atoms with Crippen molar-refractivity contribution in [3.05, 3.63) is 106 Å². The zero-order valence-corrected chi connectivity index (χ0v) is 19.1. The molecule has 0 radical (unpaired) electrons. The number of nitrogens with one attached hydrogen (secondary N) is 1. The highest BCUT2D eigenvalue weighted by Crippen LogP contribution is 2.27. The second-order valence-corrected chi connectivity index (χ2v) is 8.47. The smallest absolute Gasteiger partial charge is 0.206 e. The van der Waals surface area contributed by atoms with Crippen molar-refractivity contribution in [3.63, 3.8) is 0 Å². The second kappa shape index (κ2) is 9.71. The van der Waals surface area contributed by atoms with Gasteiger partial charge in [-0.3, -0.25) is 4.99 Å². The first-order chi connectivity index (χ1) is 16.3. The van der Waals surface area contributed by atoms with Crippen LogP contribution in [0.25, 0.3) is 22.0 Å². The van der Waals surface area contributed by atoms with Crippen LogP contribution in [0, 0.1) is 0 Å². The lowest BCUT2D eigenvalue weighted by Gasteiger charge is -2.07. The Morgan fingerprint density at radius 3 is 2.64 bits per heavy atom. The standard InChI is InChI=1S/C27H24N4OS/c1-32-25-12-11-21-16-23(10-9-22(21)17-25)26-19-33-27(29-15-13-20-6-3-2-4-7-20)31(26)30-18-24-8-5-14-28-24/h2-12,14,16-19,28H,13,15H2,1H3. The number of fused-ring (bicyclic) bond motifs is 1. The van der Waals surface area contributed by atoms with E-state index in [2.05, 4.69) is 65.0 Å². The largest absolute Gasteiger partial charge is 0.497 e. The summed E-state index contributed by atoms with van der Waals surface area (Å²) in [5.74, 6) is 0.857. The van der Waals surface area contributed by atoms with Crippen molar-refractivity contribution in [2.45, 2.75) is 6.42 Å². The topological polar surface area (TPSA) is 54.7 Å². The first-order valence-electron chi connectivity index (χ1n) is 10.8. The molecule has 5 nitrogen and oxygen atoms in total. The molecule has 164 valence electrons. The van der Waals surface area contributed by atoms with Gasteiger partial charge in [-0.1, -0.05) is 48.5 Å². The van der Waals surface area contributed by atoms with E-state index in [1.807, 2.05) is 41.4 Å². The Morgan fingerprint density at radius 1 is 0.970 bits per heavy atom. The number of methoxy groups -OCH3 is 1. The fourth-order valence-corrected chi connectivity index (χ4v) is 4.56. The normalized spacial score (nSPS) is 12.1. The van der Waals surface area contributed by atoms with Gasteiger partial charge in [-0.05, 0) is 53.1 Å². The molecular formula is C27H24N4OS. The Kier molecular flexibility index (Phi) is 6.17. The summed E-state index contributed by atoms with van der Waals surface area (Å²) < 4.78 is 7.29. The fraction of sp³-hybridized carbons (Fsp3) is 0.111. The number of H-pyrrole nitrogens is 1. The molecule has 5 rings (SSSR count). The maximum absolute atomic E-state index is 5.36. The van der Waals surface area contributed by atoms with E-state index in [4.69, 9.17) is 14.8 Å². The van der Waals surface area contributed by atoms with E-state index in [-0.39, 0.29) is 0 Å². The number of nitrogens with zero attached hydrogens (tertiary/aromatic N) is 3. The van der Waals surface area contributed by atoms with Crippen molar-refractivity contribution in [2.24, 2.45) is 10.1 Å². The third-order valence-corrected chi connectivity index (χ3v) is 6.31. The number of aromatic nitrogens is 2. The molecule has 0 atom stereocenters. The van der Waals surface area contributed by atoms with Gasteiger partial charge < -0.3 is 9.72 Å². The second-order valence-electron chi connectivity index (χ2n) is 7.63. The number of hydrogen-bond acceptors (Lipinski definition) is 4. The van der Waals surface area contributed by atoms with Crippen LogP contribution in [0.2, 0.25) is 0 Å². The summed E-state index contributed by atoms with van der Waals surface area (Å²) in [6.07, 6.45) is 4.62. The zero-order valence-electron chi connectivity index (χ0n) is 18.3. The lowest BCUT2D eigenvalue weighted by molar-refractivity contribution is 0.415. The SMILES string of the molecule is COc1ccc2cc(-c3csc(=NCCc4ccccc4)n3N=Cc3ccc[nH]3)ccc2c1. The highest BCUT2D eigenvalue weighted by atomic mass is 32.1. The zero-order chi connectivity index (χ0) is 22.5. The van der Waals surface area contributed by atoms with Crippen molar-refractivity contribution in [1.29, 1.82) is 0 Å². The minimum Gasteiger partial charge on any atom is -0.497 e. The van der Waals surface area contributed by atoms with Gasteiger partial charge in [0.25, 0.3) is 0 Å². The summed E-state index contributed by atoms with van der Waals surface area (Å²) in [4.78, 5) is 8.92. The van der Waals surface area contributed by atoms with Crippen molar-refractivity contribution in [2.75, 3.05) is 13.7 Å². The van der Waals surface area contributed by atoms with Crippen LogP contribution in [-0.4, -0.2) is 29.5 Å². The quantitative estimate of drug-likeness (QED) is 0.315. The van der Waals surface area contributed by atoms with E-state index in [9.17, 15) is 0 Å². The van der Waals surface area contributed by atoms with E-state index in [1.54, 1.807) is 18.4 Å². The molecule has 5 aromatic rings. The summed E-state index contributed by atoms with van der Waals surface area (Å²) in [5, 5.41) is 9.19. The van der Waals surface area contributed by atoms with Gasteiger partial charge in [-0.2, -0.15) is 5.10 Å². The van der Waals surface area contributed by atoms with Crippen LogP contribution in [-0.2, 0) is 6.42 Å². The lowest BCUT2D eigenvalue weighted by Crippen LogP contribution is -2.13. The van der Waals surface area contributed by atoms with Crippen molar-refractivity contribution in [1.82, 2.24) is 9.66 Å². The number of hydrogen-bond donors (Lipinski definition) is 1. The first kappa shape index (κ1) is 21.0. The van der Waals surface area contributed by atoms with Crippen molar-refractivity contribution < 1.29 is 4.74 Å². The third kappa shape index (κ3) is 4.81. The predicted molar refractivity (Wildman–Crippen MR) is 136 cm³/mol. The van der Waals surface area contributed by atoms with Gasteiger partial charge in [0.1, 0.15) is 5.75 Å². The van der Waals surface area contributed by atoms with Gasteiger partial charge in [0.15, 0.2) is 0 Å². The number of thiazole rings is 1. The summed E-state index contributed by atoms with van der Waals surface area (Å²) in [6.45, 7) is 0.708. The van der Waals surface area contributed by atoms with E-state index in [0.717, 1.165) is 44.7 Å². The highest BCUT2D eigenvalue weighted by molar-refractivity contribution is 7.07. The molecule has 0 fully saturated rings. The van der Waals surface area contributed by atoms with Crippen LogP contribution in [0.1, 0.15) is 11.3 Å². The van der Waals surface area contributed by atoms with Crippen LogP contribution in [0.15, 0.2) is 101 Å². The van der Waals surface area contributed by atoms with Gasteiger partial charge >= 0.3 is 0 Å². The predicted octanol–water partition coefficient (Wildman–Crippen LogP) is 5.73. The Balaban J connectivity index is 1.52. The maximum atomic E-state index is 5.36. The average Bonchev–Trinajstić information content (AvgIpc) is 3.53. The van der Waals surface area contributed by atoms with Crippen LogP contribution in [0.5, 0.6) is 5.75 Å². The molecule has 0 unspecified atom stereocenters. The fourth-order valence-electron chi connectivity index (χ4n) is 3.70. The Hall–Kier alpha value is -3.90. The van der Waals surface area contributed by atoms with Crippen LogP contribution < -0.4 is 9.54 Å². The number of aromatic amines is 1. The van der Waals surface area contributed by atoms with Gasteiger partial charge in [0.2, 0.25) is 4.80 Å². The molecule has 1 N–H and O–H groups in total. The Bertz CT molecular complexity index is 1450. The molecule has 3 aromatic carbocycles. The van der Waals surface area contributed by atoms with Gasteiger partial charge in [0.05, 0.1) is 24.7 Å². The van der Waals surface area contributed by atoms with Crippen LogP contribution in [0.4, 0.5) is 0 Å². The van der Waals surface area contributed by atoms with Gasteiger partial charge in [-0.15, -0.1) is 11.3 Å². The van der Waals surface area contributed by atoms with Crippen LogP contribution in [0.3, 0.4) is 0 Å². The molecule has 0 aliphatic carbocycles. The summed E-state index contributed by atoms with van der Waals surface area (Å²) in [7, 11) is 1.69. The molecule has 0 saturated heterocycles. The molecule has 6 heteroatoms. The number of ether oxygens (including phenoxy) is 1. The van der Waals surface area contributed by atoms with E-state index in [0.29, 0.717) is 6.54 Å². The van der Waals surface area contributed by atoms with E-state index >= 15 is 0 Å². The molecule has 2 heterocycles. The summed E-state index contributed by atoms with van der Waals surface area (Å²) >= 11 is 1.61. The van der Waals surface area contributed by atoms with E-state index < -0.39 is 0 Å². The molecule has 0 spiro atoms. The lowest BCUT2D eigenvalue weighted by atomic mass is 10.1. The van der Waals surface area contributed by atoms with E-state index in [1.165, 1.54) is 5.56 Å². The van der Waals surface area contributed by atoms with Crippen molar-refractivity contribution >= 4 is 28.3 Å². The molecule has 0 aliphatic heterocycles. The molecule has 0 saturated carbocycles. The number of benzene rings is 3. The molecular weight excluding hydrogens is 428 g/mol. The van der Waals surface area contributed by atoms with Crippen LogP contribution >= 0.6 is 11.3 Å². The average molecular weight is 453 g/mol. The minimum atomic E-state index is 0.708. The highest BCUT2D eigenvalue weighted by Gasteiger charge is 2.09. The molecule has 0 amide bonds. The summed E-state index contributed by atoms with van der Waals surface area (Å²) in [6, 6.07) is 26.9. The molecule has 33 heavy (non-hydrogen) atoms. The minimum absolute atomic E-state index is 0.708. The summed E-state index contributed by atoms with van der Waals surface area (Å²) in [5.41, 5.74) is 4.33.